The monoisotopic (exact) mass is 240 g/mol. The van der Waals surface area contributed by atoms with E-state index in [-0.39, 0.29) is 0 Å². The summed E-state index contributed by atoms with van der Waals surface area (Å²) < 4.78 is 0. The largest absolute Gasteiger partial charge is 0.315 e. The van der Waals surface area contributed by atoms with Gasteiger partial charge in [0.25, 0.3) is 0 Å². The van der Waals surface area contributed by atoms with Crippen LogP contribution in [0.3, 0.4) is 0 Å². The highest BCUT2D eigenvalue weighted by Crippen LogP contribution is 2.22. The molecule has 1 fully saturated rings. The number of nitrogens with zero attached hydrogens (tertiary/aromatic N) is 1. The van der Waals surface area contributed by atoms with Gasteiger partial charge in [0.2, 0.25) is 0 Å². The van der Waals surface area contributed by atoms with Gasteiger partial charge >= 0.3 is 0 Å². The van der Waals surface area contributed by atoms with Crippen LogP contribution >= 0.6 is 0 Å². The minimum Gasteiger partial charge on any atom is -0.315 e. The van der Waals surface area contributed by atoms with E-state index in [9.17, 15) is 0 Å². The Labute approximate surface area is 108 Å². The van der Waals surface area contributed by atoms with Crippen molar-refractivity contribution < 1.29 is 0 Å². The van der Waals surface area contributed by atoms with E-state index in [4.69, 9.17) is 0 Å². The maximum absolute atomic E-state index is 3.55. The van der Waals surface area contributed by atoms with Crippen LogP contribution in [-0.4, -0.2) is 36.6 Å². The van der Waals surface area contributed by atoms with Crippen LogP contribution in [0.15, 0.2) is 0 Å². The van der Waals surface area contributed by atoms with E-state index in [0.717, 1.165) is 18.0 Å². The molecule has 3 unspecified atom stereocenters. The Bertz CT molecular complexity index is 187. The molecule has 3 atom stereocenters. The van der Waals surface area contributed by atoms with E-state index < -0.39 is 0 Å². The summed E-state index contributed by atoms with van der Waals surface area (Å²) in [7, 11) is 0. The van der Waals surface area contributed by atoms with Crippen LogP contribution in [0.4, 0.5) is 0 Å². The van der Waals surface area contributed by atoms with Crippen molar-refractivity contribution in [2.75, 3.05) is 19.6 Å². The smallest absolute Gasteiger partial charge is 0.0223 e. The number of likely N-dealkylation sites (N-methyl/N-ethyl adjacent to an activating group) is 1. The van der Waals surface area contributed by atoms with Gasteiger partial charge in [-0.05, 0) is 44.7 Å². The fraction of sp³-hybridized carbons (Fsp3) is 1.00. The maximum atomic E-state index is 3.55. The predicted molar refractivity (Wildman–Crippen MR) is 76.4 cm³/mol. The summed E-state index contributed by atoms with van der Waals surface area (Å²) >= 11 is 0. The van der Waals surface area contributed by atoms with Gasteiger partial charge in [-0.15, -0.1) is 0 Å². The molecule has 0 aromatic rings. The fourth-order valence-electron chi connectivity index (χ4n) is 3.10. The number of nitrogens with one attached hydrogen (secondary N) is 1. The molecule has 1 rings (SSSR count). The molecule has 0 saturated carbocycles. The van der Waals surface area contributed by atoms with Gasteiger partial charge in [0.1, 0.15) is 0 Å². The van der Waals surface area contributed by atoms with Crippen molar-refractivity contribution in [3.05, 3.63) is 0 Å². The molecule has 0 amide bonds. The summed E-state index contributed by atoms with van der Waals surface area (Å²) in [5, 5.41) is 3.55. The molecule has 0 spiro atoms. The van der Waals surface area contributed by atoms with Crippen LogP contribution < -0.4 is 5.32 Å². The normalized spacial score (nSPS) is 24.9. The highest BCUT2D eigenvalue weighted by atomic mass is 15.2. The molecule has 0 aliphatic carbocycles. The summed E-state index contributed by atoms with van der Waals surface area (Å²) in [6.45, 7) is 13.0. The number of hydrogen-bond donors (Lipinski definition) is 1. The van der Waals surface area contributed by atoms with Crippen molar-refractivity contribution in [3.63, 3.8) is 0 Å². The van der Waals surface area contributed by atoms with Crippen LogP contribution in [0.25, 0.3) is 0 Å². The standard InChI is InChI=1S/C15H32N2/c1-5-13(4)11-14(6-2)17(7-3)15-9-8-10-16-12-15/h13-16H,5-12H2,1-4H3. The molecule has 0 aromatic heterocycles. The third kappa shape index (κ3) is 4.59. The minimum absolute atomic E-state index is 0.780. The minimum atomic E-state index is 0.780. The van der Waals surface area contributed by atoms with Crippen LogP contribution in [-0.2, 0) is 0 Å². The van der Waals surface area contributed by atoms with Gasteiger partial charge in [-0.1, -0.05) is 34.1 Å². The lowest BCUT2D eigenvalue weighted by molar-refractivity contribution is 0.0997. The van der Waals surface area contributed by atoms with Crippen molar-refractivity contribution in [2.24, 2.45) is 5.92 Å². The topological polar surface area (TPSA) is 15.3 Å². The quantitative estimate of drug-likeness (QED) is 0.735. The Hall–Kier alpha value is -0.0800. The molecular formula is C15H32N2. The van der Waals surface area contributed by atoms with E-state index in [1.54, 1.807) is 0 Å². The highest BCUT2D eigenvalue weighted by molar-refractivity contribution is 4.83. The third-order valence-electron chi connectivity index (χ3n) is 4.42. The zero-order valence-corrected chi connectivity index (χ0v) is 12.3. The van der Waals surface area contributed by atoms with Gasteiger partial charge in [-0.2, -0.15) is 0 Å². The summed E-state index contributed by atoms with van der Waals surface area (Å²) in [5.41, 5.74) is 0. The average molecular weight is 240 g/mol. The predicted octanol–water partition coefficient (Wildman–Crippen LogP) is 3.28. The van der Waals surface area contributed by atoms with Gasteiger partial charge < -0.3 is 5.32 Å². The Morgan fingerprint density at radius 1 is 1.24 bits per heavy atom. The van der Waals surface area contributed by atoms with E-state index in [2.05, 4.69) is 37.9 Å². The van der Waals surface area contributed by atoms with Crippen molar-refractivity contribution in [1.29, 1.82) is 0 Å². The molecule has 2 nitrogen and oxygen atoms in total. The fourth-order valence-corrected chi connectivity index (χ4v) is 3.10. The lowest BCUT2D eigenvalue weighted by atomic mass is 9.94. The van der Waals surface area contributed by atoms with Crippen LogP contribution in [0.1, 0.15) is 59.8 Å². The van der Waals surface area contributed by atoms with Gasteiger partial charge in [-0.25, -0.2) is 0 Å². The first-order valence-corrected chi connectivity index (χ1v) is 7.69. The molecule has 1 aliphatic heterocycles. The average Bonchev–Trinajstić information content (AvgIpc) is 2.39. The second kappa shape index (κ2) is 8.10. The number of rotatable bonds is 7. The zero-order chi connectivity index (χ0) is 12.7. The summed E-state index contributed by atoms with van der Waals surface area (Å²) in [6.07, 6.45) is 6.72. The Morgan fingerprint density at radius 3 is 2.47 bits per heavy atom. The van der Waals surface area contributed by atoms with Gasteiger partial charge in [0.05, 0.1) is 0 Å². The Kier molecular flexibility index (Phi) is 7.14. The lowest BCUT2D eigenvalue weighted by Crippen LogP contribution is -2.50. The molecule has 0 aromatic carbocycles. The summed E-state index contributed by atoms with van der Waals surface area (Å²) in [5.74, 6) is 0.866. The summed E-state index contributed by atoms with van der Waals surface area (Å²) in [6, 6.07) is 1.57. The second-order valence-corrected chi connectivity index (χ2v) is 5.64. The first-order chi connectivity index (χ1) is 8.22. The van der Waals surface area contributed by atoms with E-state index >= 15 is 0 Å². The van der Waals surface area contributed by atoms with E-state index in [1.165, 1.54) is 51.7 Å². The highest BCUT2D eigenvalue weighted by Gasteiger charge is 2.25. The first kappa shape index (κ1) is 15.0. The molecule has 17 heavy (non-hydrogen) atoms. The summed E-state index contributed by atoms with van der Waals surface area (Å²) in [4.78, 5) is 2.76. The number of piperidine rings is 1. The van der Waals surface area contributed by atoms with Crippen LogP contribution in [0, 0.1) is 5.92 Å². The molecule has 0 bridgehead atoms. The van der Waals surface area contributed by atoms with Crippen molar-refractivity contribution in [3.8, 4) is 0 Å². The molecule has 1 saturated heterocycles. The Morgan fingerprint density at radius 2 is 2.00 bits per heavy atom. The third-order valence-corrected chi connectivity index (χ3v) is 4.42. The Balaban J connectivity index is 2.54. The molecule has 0 radical (unpaired) electrons. The van der Waals surface area contributed by atoms with Gasteiger partial charge in [-0.3, -0.25) is 4.90 Å². The van der Waals surface area contributed by atoms with Crippen molar-refractivity contribution >= 4 is 0 Å². The van der Waals surface area contributed by atoms with E-state index in [0.29, 0.717) is 0 Å². The van der Waals surface area contributed by atoms with E-state index in [1.807, 2.05) is 0 Å². The molecule has 2 heteroatoms. The van der Waals surface area contributed by atoms with Crippen molar-refractivity contribution in [2.45, 2.75) is 71.9 Å². The SMILES string of the molecule is CCC(C)CC(CC)N(CC)C1CCCNC1. The molecule has 1 heterocycles. The number of hydrogen-bond acceptors (Lipinski definition) is 2. The molecule has 1 aliphatic rings. The first-order valence-electron chi connectivity index (χ1n) is 7.69. The van der Waals surface area contributed by atoms with Crippen LogP contribution in [0.2, 0.25) is 0 Å². The lowest BCUT2D eigenvalue weighted by Gasteiger charge is -2.40. The maximum Gasteiger partial charge on any atom is 0.0223 e. The van der Waals surface area contributed by atoms with Crippen molar-refractivity contribution in [1.82, 2.24) is 10.2 Å². The molecule has 1 N–H and O–H groups in total. The van der Waals surface area contributed by atoms with Gasteiger partial charge in [0.15, 0.2) is 0 Å². The molecular weight excluding hydrogens is 208 g/mol. The van der Waals surface area contributed by atoms with Gasteiger partial charge in [0, 0.05) is 18.6 Å². The van der Waals surface area contributed by atoms with Crippen LogP contribution in [0.5, 0.6) is 0 Å². The molecule has 102 valence electrons. The zero-order valence-electron chi connectivity index (χ0n) is 12.3. The second-order valence-electron chi connectivity index (χ2n) is 5.64.